The number of carbonyl (C=O) groups is 1. The summed E-state index contributed by atoms with van der Waals surface area (Å²) in [6, 6.07) is 25.9. The second-order valence-electron chi connectivity index (χ2n) is 9.25. The number of nitrogens with zero attached hydrogens (tertiary/aromatic N) is 3. The highest BCUT2D eigenvalue weighted by molar-refractivity contribution is 8.18. The Balaban J connectivity index is 1.38. The standard InChI is InChI=1S/C31H24N4O4S/c1-39-28-15-10-20-6-2-3-7-24(20)26(28)18-29-30(36)34(17-16-21-19-32-27-9-5-4-8-25(21)27)31(40-29)33-22-11-13-23(14-12-22)35(37)38/h2-15,18-19,32H,16-17H2,1H3/b29-18+,33-31?. The van der Waals surface area contributed by atoms with Gasteiger partial charge in [0.2, 0.25) is 0 Å². The van der Waals surface area contributed by atoms with E-state index in [2.05, 4.69) is 11.1 Å². The number of amidine groups is 1. The normalized spacial score (nSPS) is 15.5. The minimum atomic E-state index is -0.448. The van der Waals surface area contributed by atoms with Crippen LogP contribution in [0.15, 0.2) is 101 Å². The summed E-state index contributed by atoms with van der Waals surface area (Å²) in [6.45, 7) is 0.420. The van der Waals surface area contributed by atoms with Crippen LogP contribution in [0.25, 0.3) is 27.8 Å². The summed E-state index contributed by atoms with van der Waals surface area (Å²) in [6.07, 6.45) is 4.47. The van der Waals surface area contributed by atoms with Crippen LogP contribution in [0, 0.1) is 10.1 Å². The number of aromatic amines is 1. The third kappa shape index (κ3) is 4.83. The van der Waals surface area contributed by atoms with Gasteiger partial charge in [0.15, 0.2) is 5.17 Å². The SMILES string of the molecule is COc1ccc2ccccc2c1/C=C1/SC(=Nc2ccc([N+](=O)[O-])cc2)N(CCc2c[nH]c3ccccc23)C1=O. The van der Waals surface area contributed by atoms with Gasteiger partial charge in [-0.25, -0.2) is 4.99 Å². The summed E-state index contributed by atoms with van der Waals surface area (Å²) in [5.74, 6) is 0.520. The Kier molecular flexibility index (Phi) is 6.79. The van der Waals surface area contributed by atoms with E-state index in [4.69, 9.17) is 9.73 Å². The molecule has 5 aromatic rings. The number of benzene rings is 4. The summed E-state index contributed by atoms with van der Waals surface area (Å²) in [7, 11) is 1.62. The van der Waals surface area contributed by atoms with Crippen molar-refractivity contribution in [3.8, 4) is 5.75 Å². The first-order chi connectivity index (χ1) is 19.5. The topological polar surface area (TPSA) is 101 Å². The average molecular weight is 549 g/mol. The molecule has 0 radical (unpaired) electrons. The van der Waals surface area contributed by atoms with Crippen molar-refractivity contribution in [2.75, 3.05) is 13.7 Å². The molecule has 8 nitrogen and oxygen atoms in total. The minimum absolute atomic E-state index is 0.0149. The molecule has 0 unspecified atom stereocenters. The summed E-state index contributed by atoms with van der Waals surface area (Å²) >= 11 is 1.29. The molecular formula is C31H24N4O4S. The fourth-order valence-corrected chi connectivity index (χ4v) is 5.86. The molecule has 0 spiro atoms. The molecule has 40 heavy (non-hydrogen) atoms. The van der Waals surface area contributed by atoms with Gasteiger partial charge < -0.3 is 9.72 Å². The van der Waals surface area contributed by atoms with Gasteiger partial charge in [-0.05, 0) is 64.9 Å². The molecule has 0 atom stereocenters. The fraction of sp³-hybridized carbons (Fsp3) is 0.0968. The van der Waals surface area contributed by atoms with Crippen molar-refractivity contribution in [2.45, 2.75) is 6.42 Å². The van der Waals surface area contributed by atoms with Gasteiger partial charge in [-0.2, -0.15) is 0 Å². The largest absolute Gasteiger partial charge is 0.496 e. The van der Waals surface area contributed by atoms with Crippen LogP contribution in [0.4, 0.5) is 11.4 Å². The summed E-state index contributed by atoms with van der Waals surface area (Å²) in [4.78, 5) is 34.7. The van der Waals surface area contributed by atoms with Crippen LogP contribution in [0.3, 0.4) is 0 Å². The lowest BCUT2D eigenvalue weighted by Gasteiger charge is -2.15. The molecule has 1 saturated heterocycles. The van der Waals surface area contributed by atoms with E-state index in [-0.39, 0.29) is 11.6 Å². The number of ether oxygens (including phenoxy) is 1. The smallest absolute Gasteiger partial charge is 0.269 e. The number of nitro benzene ring substituents is 1. The Bertz CT molecular complexity index is 1820. The van der Waals surface area contributed by atoms with Gasteiger partial charge in [-0.1, -0.05) is 48.5 Å². The number of nitro groups is 1. The molecule has 1 fully saturated rings. The molecule has 6 rings (SSSR count). The van der Waals surface area contributed by atoms with E-state index in [1.165, 1.54) is 23.9 Å². The molecule has 1 aliphatic heterocycles. The zero-order valence-electron chi connectivity index (χ0n) is 21.5. The number of amides is 1. The number of hydrogen-bond acceptors (Lipinski definition) is 6. The number of carbonyl (C=O) groups excluding carboxylic acids is 1. The zero-order valence-corrected chi connectivity index (χ0v) is 22.4. The summed E-state index contributed by atoms with van der Waals surface area (Å²) < 4.78 is 5.65. The Hall–Kier alpha value is -4.89. The number of methoxy groups -OCH3 is 1. The molecule has 1 N–H and O–H groups in total. The number of H-pyrrole nitrogens is 1. The highest BCUT2D eigenvalue weighted by Crippen LogP contribution is 2.38. The van der Waals surface area contributed by atoms with E-state index < -0.39 is 4.92 Å². The minimum Gasteiger partial charge on any atom is -0.496 e. The predicted molar refractivity (Wildman–Crippen MR) is 160 cm³/mol. The molecule has 4 aromatic carbocycles. The Morgan fingerprint density at radius 1 is 1.00 bits per heavy atom. The number of para-hydroxylation sites is 1. The van der Waals surface area contributed by atoms with E-state index >= 15 is 0 Å². The first-order valence-corrected chi connectivity index (χ1v) is 13.5. The number of fused-ring (bicyclic) bond motifs is 2. The van der Waals surface area contributed by atoms with Gasteiger partial charge in [0.25, 0.3) is 11.6 Å². The maximum Gasteiger partial charge on any atom is 0.269 e. The number of nitrogens with one attached hydrogen (secondary N) is 1. The lowest BCUT2D eigenvalue weighted by Crippen LogP contribution is -2.31. The quantitative estimate of drug-likeness (QED) is 0.133. The van der Waals surface area contributed by atoms with Crippen LogP contribution in [0.2, 0.25) is 0 Å². The van der Waals surface area contributed by atoms with E-state index in [0.717, 1.165) is 32.8 Å². The van der Waals surface area contributed by atoms with E-state index in [9.17, 15) is 14.9 Å². The monoisotopic (exact) mass is 548 g/mol. The van der Waals surface area contributed by atoms with Gasteiger partial charge in [0, 0.05) is 41.3 Å². The van der Waals surface area contributed by atoms with Gasteiger partial charge in [-0.15, -0.1) is 0 Å². The van der Waals surface area contributed by atoms with Crippen LogP contribution in [-0.2, 0) is 11.2 Å². The van der Waals surface area contributed by atoms with Crippen molar-refractivity contribution in [3.05, 3.63) is 117 Å². The van der Waals surface area contributed by atoms with Gasteiger partial charge in [0.05, 0.1) is 22.6 Å². The van der Waals surface area contributed by atoms with Crippen LogP contribution in [0.1, 0.15) is 11.1 Å². The Labute approximate surface area is 234 Å². The highest BCUT2D eigenvalue weighted by Gasteiger charge is 2.34. The van der Waals surface area contributed by atoms with Gasteiger partial charge in [-0.3, -0.25) is 19.8 Å². The Morgan fingerprint density at radius 3 is 2.52 bits per heavy atom. The fourth-order valence-electron chi connectivity index (χ4n) is 4.85. The molecule has 0 saturated carbocycles. The van der Waals surface area contributed by atoms with Crippen molar-refractivity contribution in [1.29, 1.82) is 0 Å². The number of hydrogen-bond donors (Lipinski definition) is 1. The number of aliphatic imine (C=N–C) groups is 1. The van der Waals surface area contributed by atoms with Crippen molar-refractivity contribution in [1.82, 2.24) is 9.88 Å². The van der Waals surface area contributed by atoms with E-state index in [0.29, 0.717) is 34.5 Å². The van der Waals surface area contributed by atoms with Crippen LogP contribution < -0.4 is 4.74 Å². The first-order valence-electron chi connectivity index (χ1n) is 12.7. The second kappa shape index (κ2) is 10.7. The van der Waals surface area contributed by atoms with E-state index in [1.807, 2.05) is 66.9 Å². The maximum atomic E-state index is 13.8. The summed E-state index contributed by atoms with van der Waals surface area (Å²) in [5.41, 5.74) is 3.49. The van der Waals surface area contributed by atoms with Crippen LogP contribution >= 0.6 is 11.8 Å². The molecule has 2 heterocycles. The third-order valence-electron chi connectivity index (χ3n) is 6.88. The van der Waals surface area contributed by atoms with Crippen molar-refractivity contribution in [2.24, 2.45) is 4.99 Å². The lowest BCUT2D eigenvalue weighted by molar-refractivity contribution is -0.384. The predicted octanol–water partition coefficient (Wildman–Crippen LogP) is 7.08. The van der Waals surface area contributed by atoms with Crippen molar-refractivity contribution >= 4 is 62.0 Å². The molecule has 198 valence electrons. The van der Waals surface area contributed by atoms with Crippen molar-refractivity contribution < 1.29 is 14.5 Å². The second-order valence-corrected chi connectivity index (χ2v) is 10.3. The molecule has 1 amide bonds. The third-order valence-corrected chi connectivity index (χ3v) is 7.89. The Morgan fingerprint density at radius 2 is 1.75 bits per heavy atom. The molecular weight excluding hydrogens is 524 g/mol. The van der Waals surface area contributed by atoms with Crippen LogP contribution in [-0.4, -0.2) is 39.5 Å². The average Bonchev–Trinajstić information content (AvgIpc) is 3.52. The molecule has 0 bridgehead atoms. The molecule has 9 heteroatoms. The number of aromatic nitrogens is 1. The van der Waals surface area contributed by atoms with Gasteiger partial charge >= 0.3 is 0 Å². The number of non-ortho nitro benzene ring substituents is 1. The van der Waals surface area contributed by atoms with Gasteiger partial charge in [0.1, 0.15) is 5.75 Å². The lowest BCUT2D eigenvalue weighted by atomic mass is 10.0. The number of thioether (sulfide) groups is 1. The molecule has 1 aromatic heterocycles. The molecule has 1 aliphatic rings. The summed E-state index contributed by atoms with van der Waals surface area (Å²) in [5, 5.41) is 14.8. The highest BCUT2D eigenvalue weighted by atomic mass is 32.2. The van der Waals surface area contributed by atoms with Crippen molar-refractivity contribution in [3.63, 3.8) is 0 Å². The number of rotatable bonds is 7. The van der Waals surface area contributed by atoms with E-state index in [1.54, 1.807) is 24.1 Å². The van der Waals surface area contributed by atoms with Crippen LogP contribution in [0.5, 0.6) is 5.75 Å². The molecule has 0 aliphatic carbocycles. The zero-order chi connectivity index (χ0) is 27.6. The maximum absolute atomic E-state index is 13.8. The first kappa shape index (κ1) is 25.4.